The van der Waals surface area contributed by atoms with Crippen molar-refractivity contribution in [3.8, 4) is 0 Å². The number of likely N-dealkylation sites (N-methyl/N-ethyl adjacent to an activating group) is 1. The van der Waals surface area contributed by atoms with Gasteiger partial charge in [0.05, 0.1) is 0 Å². The highest BCUT2D eigenvalue weighted by Gasteiger charge is 2.13. The molecule has 1 aliphatic carbocycles. The van der Waals surface area contributed by atoms with Crippen LogP contribution < -0.4 is 10.6 Å². The van der Waals surface area contributed by atoms with E-state index in [-0.39, 0.29) is 0 Å². The lowest BCUT2D eigenvalue weighted by atomic mass is 9.86. The summed E-state index contributed by atoms with van der Waals surface area (Å²) >= 11 is 0. The first-order chi connectivity index (χ1) is 11.8. The molecule has 2 rings (SSSR count). The lowest BCUT2D eigenvalue weighted by Gasteiger charge is -2.22. The number of nitrogens with one attached hydrogen (secondary N) is 2. The number of hydrogen-bond acceptors (Lipinski definition) is 3. The maximum absolute atomic E-state index is 4.35. The Balaban J connectivity index is 1.52. The Labute approximate surface area is 149 Å². The Kier molecular flexibility index (Phi) is 9.51. The summed E-state index contributed by atoms with van der Waals surface area (Å²) < 4.78 is 0. The van der Waals surface area contributed by atoms with Crippen molar-refractivity contribution in [2.45, 2.75) is 51.4 Å². The molecule has 1 saturated heterocycles. The van der Waals surface area contributed by atoms with Gasteiger partial charge < -0.3 is 20.4 Å². The molecule has 0 aromatic rings. The molecular weight excluding hydrogens is 298 g/mol. The fourth-order valence-electron chi connectivity index (χ4n) is 3.95. The van der Waals surface area contributed by atoms with Crippen molar-refractivity contribution in [2.24, 2.45) is 10.9 Å². The minimum absolute atomic E-state index is 0.964. The normalized spacial score (nSPS) is 22.3. The predicted octanol–water partition coefficient (Wildman–Crippen LogP) is 2.15. The summed E-state index contributed by atoms with van der Waals surface area (Å²) in [6.07, 6.45) is 11.2. The molecule has 24 heavy (non-hydrogen) atoms. The lowest BCUT2D eigenvalue weighted by Crippen LogP contribution is -2.42. The smallest absolute Gasteiger partial charge is 0.191 e. The molecule has 0 radical (unpaired) electrons. The van der Waals surface area contributed by atoms with E-state index in [1.54, 1.807) is 0 Å². The SMILES string of the molecule is CN=C(NCCCC1CCCCC1)NCCN1CCCN(C)CC1. The topological polar surface area (TPSA) is 42.9 Å². The number of rotatable bonds is 7. The third-order valence-corrected chi connectivity index (χ3v) is 5.56. The lowest BCUT2D eigenvalue weighted by molar-refractivity contribution is 0.280. The summed E-state index contributed by atoms with van der Waals surface area (Å²) in [4.78, 5) is 9.35. The summed E-state index contributed by atoms with van der Waals surface area (Å²) in [5.74, 6) is 1.95. The summed E-state index contributed by atoms with van der Waals surface area (Å²) in [5, 5.41) is 6.95. The second kappa shape index (κ2) is 11.7. The van der Waals surface area contributed by atoms with Crippen LogP contribution in [-0.2, 0) is 0 Å². The summed E-state index contributed by atoms with van der Waals surface area (Å²) in [5.41, 5.74) is 0. The van der Waals surface area contributed by atoms with E-state index in [0.717, 1.165) is 31.5 Å². The van der Waals surface area contributed by atoms with Crippen LogP contribution in [0.15, 0.2) is 4.99 Å². The van der Waals surface area contributed by atoms with Crippen LogP contribution in [0.25, 0.3) is 0 Å². The van der Waals surface area contributed by atoms with Crippen LogP contribution in [0.3, 0.4) is 0 Å². The molecule has 140 valence electrons. The molecule has 0 aromatic heterocycles. The van der Waals surface area contributed by atoms with Gasteiger partial charge in [0.2, 0.25) is 0 Å². The van der Waals surface area contributed by atoms with Crippen LogP contribution in [-0.4, -0.2) is 75.7 Å². The molecule has 2 aliphatic rings. The minimum Gasteiger partial charge on any atom is -0.356 e. The average Bonchev–Trinajstić information content (AvgIpc) is 2.82. The highest BCUT2D eigenvalue weighted by Crippen LogP contribution is 2.26. The van der Waals surface area contributed by atoms with Crippen LogP contribution in [0, 0.1) is 5.92 Å². The summed E-state index contributed by atoms with van der Waals surface area (Å²) in [6, 6.07) is 0. The summed E-state index contributed by atoms with van der Waals surface area (Å²) in [6.45, 7) is 7.96. The van der Waals surface area contributed by atoms with Gasteiger partial charge in [-0.1, -0.05) is 32.1 Å². The quantitative estimate of drug-likeness (QED) is 0.424. The van der Waals surface area contributed by atoms with Crippen LogP contribution in [0.2, 0.25) is 0 Å². The van der Waals surface area contributed by atoms with Crippen molar-refractivity contribution in [3.63, 3.8) is 0 Å². The Morgan fingerprint density at radius 1 is 0.958 bits per heavy atom. The van der Waals surface area contributed by atoms with Crippen LogP contribution in [0.1, 0.15) is 51.4 Å². The zero-order valence-electron chi connectivity index (χ0n) is 16.0. The van der Waals surface area contributed by atoms with Gasteiger partial charge in [0.1, 0.15) is 0 Å². The highest BCUT2D eigenvalue weighted by atomic mass is 15.2. The van der Waals surface area contributed by atoms with E-state index in [0.29, 0.717) is 0 Å². The third kappa shape index (κ3) is 7.84. The average molecular weight is 338 g/mol. The molecule has 0 aromatic carbocycles. The van der Waals surface area contributed by atoms with E-state index in [9.17, 15) is 0 Å². The van der Waals surface area contributed by atoms with Gasteiger partial charge >= 0.3 is 0 Å². The predicted molar refractivity (Wildman–Crippen MR) is 104 cm³/mol. The van der Waals surface area contributed by atoms with Gasteiger partial charge in [0, 0.05) is 39.8 Å². The second-order valence-corrected chi connectivity index (χ2v) is 7.57. The molecule has 0 amide bonds. The fourth-order valence-corrected chi connectivity index (χ4v) is 3.95. The Bertz CT molecular complexity index is 352. The molecule has 5 nitrogen and oxygen atoms in total. The van der Waals surface area contributed by atoms with Gasteiger partial charge in [0.15, 0.2) is 5.96 Å². The zero-order chi connectivity index (χ0) is 17.0. The van der Waals surface area contributed by atoms with Crippen molar-refractivity contribution in [3.05, 3.63) is 0 Å². The maximum atomic E-state index is 4.35. The molecule has 0 unspecified atom stereocenters. The van der Waals surface area contributed by atoms with E-state index >= 15 is 0 Å². The van der Waals surface area contributed by atoms with Crippen molar-refractivity contribution in [1.82, 2.24) is 20.4 Å². The number of hydrogen-bond donors (Lipinski definition) is 2. The van der Waals surface area contributed by atoms with Crippen LogP contribution in [0.5, 0.6) is 0 Å². The van der Waals surface area contributed by atoms with Gasteiger partial charge in [-0.25, -0.2) is 0 Å². The zero-order valence-corrected chi connectivity index (χ0v) is 16.0. The summed E-state index contributed by atoms with van der Waals surface area (Å²) in [7, 11) is 4.10. The third-order valence-electron chi connectivity index (χ3n) is 5.56. The Morgan fingerprint density at radius 2 is 1.75 bits per heavy atom. The van der Waals surface area contributed by atoms with Gasteiger partial charge in [-0.2, -0.15) is 0 Å². The molecule has 2 N–H and O–H groups in total. The van der Waals surface area contributed by atoms with E-state index < -0.39 is 0 Å². The standard InChI is InChI=1S/C19H39N5/c1-20-19(21-11-6-10-18-8-4-3-5-9-18)22-12-15-24-14-7-13-23(2)16-17-24/h18H,3-17H2,1-2H3,(H2,20,21,22). The molecule has 5 heteroatoms. The molecule has 0 atom stereocenters. The van der Waals surface area contributed by atoms with Crippen molar-refractivity contribution in [1.29, 1.82) is 0 Å². The number of nitrogens with zero attached hydrogens (tertiary/aromatic N) is 3. The largest absolute Gasteiger partial charge is 0.356 e. The maximum Gasteiger partial charge on any atom is 0.191 e. The molecular formula is C19H39N5. The van der Waals surface area contributed by atoms with Gasteiger partial charge in [0.25, 0.3) is 0 Å². The number of aliphatic imine (C=N–C) groups is 1. The first kappa shape index (κ1) is 19.5. The highest BCUT2D eigenvalue weighted by molar-refractivity contribution is 5.79. The van der Waals surface area contributed by atoms with Crippen molar-refractivity contribution >= 4 is 5.96 Å². The molecule has 0 bridgehead atoms. The van der Waals surface area contributed by atoms with E-state index in [1.165, 1.54) is 77.5 Å². The minimum atomic E-state index is 0.964. The molecule has 1 saturated carbocycles. The molecule has 2 fully saturated rings. The van der Waals surface area contributed by atoms with E-state index in [1.807, 2.05) is 7.05 Å². The molecule has 1 aliphatic heterocycles. The first-order valence-electron chi connectivity index (χ1n) is 10.1. The van der Waals surface area contributed by atoms with E-state index in [2.05, 4.69) is 32.5 Å². The van der Waals surface area contributed by atoms with Crippen LogP contribution >= 0.6 is 0 Å². The molecule has 1 heterocycles. The molecule has 0 spiro atoms. The van der Waals surface area contributed by atoms with Gasteiger partial charge in [-0.3, -0.25) is 4.99 Å². The monoisotopic (exact) mass is 337 g/mol. The van der Waals surface area contributed by atoms with Crippen molar-refractivity contribution in [2.75, 3.05) is 59.9 Å². The van der Waals surface area contributed by atoms with Crippen LogP contribution in [0.4, 0.5) is 0 Å². The van der Waals surface area contributed by atoms with Gasteiger partial charge in [-0.15, -0.1) is 0 Å². The Morgan fingerprint density at radius 3 is 2.54 bits per heavy atom. The van der Waals surface area contributed by atoms with Crippen molar-refractivity contribution < 1.29 is 0 Å². The fraction of sp³-hybridized carbons (Fsp3) is 0.947. The van der Waals surface area contributed by atoms with E-state index in [4.69, 9.17) is 0 Å². The second-order valence-electron chi connectivity index (χ2n) is 7.57. The number of guanidine groups is 1. The first-order valence-corrected chi connectivity index (χ1v) is 10.1. The van der Waals surface area contributed by atoms with Gasteiger partial charge in [-0.05, 0) is 45.3 Å². The Hall–Kier alpha value is -0.810.